The average molecular weight is 273 g/mol. The van der Waals surface area contributed by atoms with Gasteiger partial charge >= 0.3 is 0 Å². The lowest BCUT2D eigenvalue weighted by molar-refractivity contribution is 0.124. The quantitative estimate of drug-likeness (QED) is 0.912. The number of hydrogen-bond acceptors (Lipinski definition) is 3. The maximum Gasteiger partial charge on any atom is 0.122 e. The fraction of sp³-hybridized carbons (Fsp3) is 0.647. The first-order valence-electron chi connectivity index (χ1n) is 7.94. The number of likely N-dealkylation sites (tertiary alicyclic amines) is 1. The number of hydrogen-bond donors (Lipinski definition) is 1. The lowest BCUT2D eigenvalue weighted by atomic mass is 10.00. The summed E-state index contributed by atoms with van der Waals surface area (Å²) >= 11 is 0. The second kappa shape index (κ2) is 5.05. The van der Waals surface area contributed by atoms with Crippen molar-refractivity contribution in [2.24, 2.45) is 11.8 Å². The van der Waals surface area contributed by atoms with Crippen LogP contribution in [0.25, 0.3) is 0 Å². The Kier molecular flexibility index (Phi) is 3.20. The van der Waals surface area contributed by atoms with E-state index in [1.807, 2.05) is 0 Å². The lowest BCUT2D eigenvalue weighted by Crippen LogP contribution is -2.26. The zero-order chi connectivity index (χ0) is 13.5. The molecular weight excluding hydrogens is 250 g/mol. The Morgan fingerprint density at radius 3 is 3.10 bits per heavy atom. The van der Waals surface area contributed by atoms with Crippen LogP contribution < -0.4 is 4.74 Å². The molecule has 2 fully saturated rings. The summed E-state index contributed by atoms with van der Waals surface area (Å²) in [6, 6.07) is 6.64. The van der Waals surface area contributed by atoms with E-state index in [1.54, 1.807) is 0 Å². The van der Waals surface area contributed by atoms with Crippen molar-refractivity contribution in [1.82, 2.24) is 4.90 Å². The summed E-state index contributed by atoms with van der Waals surface area (Å²) in [6.07, 6.45) is 4.38. The third-order valence-electron chi connectivity index (χ3n) is 5.37. The molecule has 3 unspecified atom stereocenters. The summed E-state index contributed by atoms with van der Waals surface area (Å²) < 4.78 is 5.56. The van der Waals surface area contributed by atoms with Gasteiger partial charge in [-0.3, -0.25) is 0 Å². The van der Waals surface area contributed by atoms with Gasteiger partial charge in [0.25, 0.3) is 0 Å². The Hall–Kier alpha value is -1.06. The molecule has 3 aliphatic rings. The Labute approximate surface area is 120 Å². The van der Waals surface area contributed by atoms with Gasteiger partial charge in [-0.1, -0.05) is 12.1 Å². The molecular formula is C17H23NO2. The van der Waals surface area contributed by atoms with Crippen LogP contribution in [-0.4, -0.2) is 42.4 Å². The number of aliphatic hydroxyl groups is 1. The molecule has 1 N–H and O–H groups in total. The second-order valence-corrected chi connectivity index (χ2v) is 6.62. The highest BCUT2D eigenvalue weighted by atomic mass is 16.5. The third-order valence-corrected chi connectivity index (χ3v) is 5.37. The van der Waals surface area contributed by atoms with Crippen LogP contribution in [0.4, 0.5) is 0 Å². The van der Waals surface area contributed by atoms with Crippen molar-refractivity contribution in [2.75, 3.05) is 26.2 Å². The number of ether oxygens (including phenoxy) is 1. The molecule has 108 valence electrons. The first-order chi connectivity index (χ1) is 9.79. The number of fused-ring (bicyclic) bond motifs is 2. The number of nitrogens with zero attached hydrogens (tertiary/aromatic N) is 1. The van der Waals surface area contributed by atoms with E-state index in [9.17, 15) is 5.11 Å². The summed E-state index contributed by atoms with van der Waals surface area (Å²) in [5.41, 5.74) is 2.79. The van der Waals surface area contributed by atoms with Crippen molar-refractivity contribution in [1.29, 1.82) is 0 Å². The van der Waals surface area contributed by atoms with Gasteiger partial charge in [0.2, 0.25) is 0 Å². The van der Waals surface area contributed by atoms with Crippen LogP contribution in [-0.2, 0) is 12.8 Å². The molecule has 2 aliphatic heterocycles. The van der Waals surface area contributed by atoms with E-state index in [0.29, 0.717) is 5.92 Å². The first kappa shape index (κ1) is 12.7. The van der Waals surface area contributed by atoms with Crippen LogP contribution in [0.1, 0.15) is 24.0 Å². The van der Waals surface area contributed by atoms with Crippen LogP contribution in [0.5, 0.6) is 5.75 Å². The molecule has 1 saturated heterocycles. The van der Waals surface area contributed by atoms with Gasteiger partial charge in [0.1, 0.15) is 5.75 Å². The van der Waals surface area contributed by atoms with Crippen LogP contribution in [0.3, 0.4) is 0 Å². The fourth-order valence-electron chi connectivity index (χ4n) is 4.19. The molecule has 0 aromatic heterocycles. The summed E-state index contributed by atoms with van der Waals surface area (Å²) in [4.78, 5) is 2.54. The monoisotopic (exact) mass is 273 g/mol. The molecule has 0 radical (unpaired) electrons. The standard InChI is InChI=1S/C17H23NO2/c19-16-3-2-14-10-18(11-15(14)16)7-5-12-1-4-17-13(9-12)6-8-20-17/h1,4,9,14-16,19H,2-3,5-8,10-11H2. The van der Waals surface area contributed by atoms with Crippen LogP contribution in [0, 0.1) is 11.8 Å². The predicted octanol–water partition coefficient (Wildman–Crippen LogP) is 1.87. The van der Waals surface area contributed by atoms with Gasteiger partial charge < -0.3 is 14.7 Å². The summed E-state index contributed by atoms with van der Waals surface area (Å²) in [5, 5.41) is 9.97. The van der Waals surface area contributed by atoms with Crippen molar-refractivity contribution < 1.29 is 9.84 Å². The van der Waals surface area contributed by atoms with E-state index < -0.39 is 0 Å². The van der Waals surface area contributed by atoms with Gasteiger partial charge in [-0.05, 0) is 42.4 Å². The van der Waals surface area contributed by atoms with Crippen LogP contribution in [0.15, 0.2) is 18.2 Å². The topological polar surface area (TPSA) is 32.7 Å². The Morgan fingerprint density at radius 1 is 1.25 bits per heavy atom. The highest BCUT2D eigenvalue weighted by Crippen LogP contribution is 2.38. The van der Waals surface area contributed by atoms with Crippen molar-refractivity contribution in [2.45, 2.75) is 31.8 Å². The molecule has 0 spiro atoms. The van der Waals surface area contributed by atoms with E-state index >= 15 is 0 Å². The molecule has 0 amide bonds. The Bertz CT molecular complexity index is 502. The fourth-order valence-corrected chi connectivity index (χ4v) is 4.19. The normalized spacial score (nSPS) is 32.1. The lowest BCUT2D eigenvalue weighted by Gasteiger charge is -2.18. The molecule has 1 aromatic carbocycles. The Balaban J connectivity index is 1.35. The van der Waals surface area contributed by atoms with Gasteiger partial charge in [-0.15, -0.1) is 0 Å². The van der Waals surface area contributed by atoms with Gasteiger partial charge in [0, 0.05) is 32.0 Å². The molecule has 3 heteroatoms. The third kappa shape index (κ3) is 2.23. The molecule has 1 aromatic rings. The van der Waals surface area contributed by atoms with Crippen molar-refractivity contribution in [3.8, 4) is 5.75 Å². The highest BCUT2D eigenvalue weighted by Gasteiger charge is 2.41. The van der Waals surface area contributed by atoms with E-state index in [2.05, 4.69) is 23.1 Å². The summed E-state index contributed by atoms with van der Waals surface area (Å²) in [5.74, 6) is 2.37. The minimum absolute atomic E-state index is 0.0397. The Morgan fingerprint density at radius 2 is 2.20 bits per heavy atom. The zero-order valence-corrected chi connectivity index (χ0v) is 11.9. The van der Waals surface area contributed by atoms with Crippen molar-refractivity contribution >= 4 is 0 Å². The molecule has 0 bridgehead atoms. The van der Waals surface area contributed by atoms with Crippen LogP contribution in [0.2, 0.25) is 0 Å². The minimum atomic E-state index is -0.0397. The zero-order valence-electron chi connectivity index (χ0n) is 11.9. The second-order valence-electron chi connectivity index (χ2n) is 6.62. The largest absolute Gasteiger partial charge is 0.493 e. The first-order valence-corrected chi connectivity index (χ1v) is 7.94. The number of aliphatic hydroxyl groups excluding tert-OH is 1. The molecule has 3 atom stereocenters. The molecule has 20 heavy (non-hydrogen) atoms. The van der Waals surface area contributed by atoms with Crippen molar-refractivity contribution in [3.63, 3.8) is 0 Å². The molecule has 1 aliphatic carbocycles. The van der Waals surface area contributed by atoms with Gasteiger partial charge in [0.05, 0.1) is 12.7 Å². The predicted molar refractivity (Wildman–Crippen MR) is 78.0 cm³/mol. The van der Waals surface area contributed by atoms with E-state index in [0.717, 1.165) is 50.6 Å². The highest BCUT2D eigenvalue weighted by molar-refractivity contribution is 5.39. The van der Waals surface area contributed by atoms with Crippen LogP contribution >= 0.6 is 0 Å². The molecule has 3 nitrogen and oxygen atoms in total. The minimum Gasteiger partial charge on any atom is -0.493 e. The van der Waals surface area contributed by atoms with E-state index in [-0.39, 0.29) is 6.10 Å². The SMILES string of the molecule is OC1CCC2CN(CCc3ccc4c(c3)CCO4)CC12. The maximum atomic E-state index is 9.97. The van der Waals surface area contributed by atoms with E-state index in [4.69, 9.17) is 4.74 Å². The molecule has 1 saturated carbocycles. The van der Waals surface area contributed by atoms with Gasteiger partial charge in [0.15, 0.2) is 0 Å². The molecule has 2 heterocycles. The maximum absolute atomic E-state index is 9.97. The number of benzene rings is 1. The van der Waals surface area contributed by atoms with E-state index in [1.165, 1.54) is 24.1 Å². The molecule has 4 rings (SSSR count). The summed E-state index contributed by atoms with van der Waals surface area (Å²) in [6.45, 7) is 4.25. The summed E-state index contributed by atoms with van der Waals surface area (Å²) in [7, 11) is 0. The number of rotatable bonds is 3. The van der Waals surface area contributed by atoms with Gasteiger partial charge in [-0.25, -0.2) is 0 Å². The average Bonchev–Trinajstić information content (AvgIpc) is 3.14. The smallest absolute Gasteiger partial charge is 0.122 e. The van der Waals surface area contributed by atoms with Gasteiger partial charge in [-0.2, -0.15) is 0 Å². The van der Waals surface area contributed by atoms with Crippen molar-refractivity contribution in [3.05, 3.63) is 29.3 Å².